The van der Waals surface area contributed by atoms with Gasteiger partial charge in [-0.2, -0.15) is 0 Å². The van der Waals surface area contributed by atoms with Crippen LogP contribution < -0.4 is 0 Å². The van der Waals surface area contributed by atoms with Crippen LogP contribution in [0.1, 0.15) is 52.4 Å². The van der Waals surface area contributed by atoms with Crippen molar-refractivity contribution in [1.82, 2.24) is 0 Å². The number of carboxylic acids is 1. The van der Waals surface area contributed by atoms with Crippen molar-refractivity contribution in [2.45, 2.75) is 52.4 Å². The van der Waals surface area contributed by atoms with Crippen LogP contribution in [-0.4, -0.2) is 11.1 Å². The molecular formula is C12H22O2. The van der Waals surface area contributed by atoms with Crippen LogP contribution in [0, 0.1) is 5.92 Å². The molecule has 2 heteroatoms. The van der Waals surface area contributed by atoms with Gasteiger partial charge in [0.2, 0.25) is 0 Å². The van der Waals surface area contributed by atoms with Gasteiger partial charge in [0.05, 0.1) is 0 Å². The fourth-order valence-corrected chi connectivity index (χ4v) is 1.62. The molecule has 2 nitrogen and oxygen atoms in total. The summed E-state index contributed by atoms with van der Waals surface area (Å²) >= 11 is 0. The SMILES string of the molecule is C=C(C(=O)O)C(CC)CCCCCC. The number of aliphatic carboxylic acids is 1. The number of unbranched alkanes of at least 4 members (excludes halogenated alkanes) is 3. The van der Waals surface area contributed by atoms with E-state index in [1.807, 2.05) is 6.92 Å². The Morgan fingerprint density at radius 2 is 1.93 bits per heavy atom. The summed E-state index contributed by atoms with van der Waals surface area (Å²) in [5, 5.41) is 8.79. The van der Waals surface area contributed by atoms with E-state index in [-0.39, 0.29) is 5.92 Å². The third-order valence-electron chi connectivity index (χ3n) is 2.67. The van der Waals surface area contributed by atoms with Gasteiger partial charge in [-0.3, -0.25) is 0 Å². The average Bonchev–Trinajstić information content (AvgIpc) is 2.17. The zero-order valence-electron chi connectivity index (χ0n) is 9.38. The van der Waals surface area contributed by atoms with E-state index in [9.17, 15) is 4.79 Å². The first kappa shape index (κ1) is 13.2. The zero-order chi connectivity index (χ0) is 11.0. The van der Waals surface area contributed by atoms with Gasteiger partial charge < -0.3 is 5.11 Å². The molecule has 0 aliphatic heterocycles. The maximum atomic E-state index is 10.7. The van der Waals surface area contributed by atoms with Crippen molar-refractivity contribution in [1.29, 1.82) is 0 Å². The van der Waals surface area contributed by atoms with Gasteiger partial charge in [0.1, 0.15) is 0 Å². The van der Waals surface area contributed by atoms with E-state index in [0.717, 1.165) is 19.3 Å². The van der Waals surface area contributed by atoms with E-state index in [4.69, 9.17) is 5.11 Å². The number of hydrogen-bond acceptors (Lipinski definition) is 1. The summed E-state index contributed by atoms with van der Waals surface area (Å²) in [4.78, 5) is 10.7. The molecule has 0 bridgehead atoms. The third-order valence-corrected chi connectivity index (χ3v) is 2.67. The minimum atomic E-state index is -0.840. The lowest BCUT2D eigenvalue weighted by Crippen LogP contribution is -2.10. The van der Waals surface area contributed by atoms with Crippen LogP contribution in [0.15, 0.2) is 12.2 Å². The second kappa shape index (κ2) is 7.60. The Morgan fingerprint density at radius 1 is 1.29 bits per heavy atom. The molecule has 0 spiro atoms. The number of rotatable bonds is 8. The lowest BCUT2D eigenvalue weighted by atomic mass is 9.91. The standard InChI is InChI=1S/C12H22O2/c1-4-6-7-8-9-11(5-2)10(3)12(13)14/h11H,3-9H2,1-2H3,(H,13,14). The van der Waals surface area contributed by atoms with E-state index >= 15 is 0 Å². The Balaban J connectivity index is 3.79. The van der Waals surface area contributed by atoms with Gasteiger partial charge in [0.25, 0.3) is 0 Å². The molecule has 82 valence electrons. The highest BCUT2D eigenvalue weighted by molar-refractivity contribution is 5.86. The van der Waals surface area contributed by atoms with E-state index in [1.165, 1.54) is 19.3 Å². The molecule has 0 aromatic rings. The smallest absolute Gasteiger partial charge is 0.331 e. The van der Waals surface area contributed by atoms with E-state index in [1.54, 1.807) is 0 Å². The van der Waals surface area contributed by atoms with Crippen LogP contribution in [0.5, 0.6) is 0 Å². The molecule has 0 aromatic heterocycles. The summed E-state index contributed by atoms with van der Waals surface area (Å²) < 4.78 is 0. The average molecular weight is 198 g/mol. The predicted octanol–water partition coefficient (Wildman–Crippen LogP) is 3.62. The van der Waals surface area contributed by atoms with Gasteiger partial charge in [-0.25, -0.2) is 4.79 Å². The van der Waals surface area contributed by atoms with Crippen molar-refractivity contribution in [2.75, 3.05) is 0 Å². The Bertz CT molecular complexity index is 185. The van der Waals surface area contributed by atoms with Crippen LogP contribution >= 0.6 is 0 Å². The second-order valence-electron chi connectivity index (χ2n) is 3.78. The summed E-state index contributed by atoms with van der Waals surface area (Å²) in [6.45, 7) is 7.83. The minimum Gasteiger partial charge on any atom is -0.478 e. The van der Waals surface area contributed by atoms with Gasteiger partial charge >= 0.3 is 5.97 Å². The number of hydrogen-bond donors (Lipinski definition) is 1. The Labute approximate surface area is 87.0 Å². The van der Waals surface area contributed by atoms with E-state index in [2.05, 4.69) is 13.5 Å². The summed E-state index contributed by atoms with van der Waals surface area (Å²) in [5.74, 6) is -0.670. The summed E-state index contributed by atoms with van der Waals surface area (Å²) in [7, 11) is 0. The fraction of sp³-hybridized carbons (Fsp3) is 0.750. The molecule has 0 amide bonds. The van der Waals surface area contributed by atoms with Crippen molar-refractivity contribution in [3.63, 3.8) is 0 Å². The van der Waals surface area contributed by atoms with E-state index < -0.39 is 5.97 Å². The van der Waals surface area contributed by atoms with Crippen LogP contribution in [0.3, 0.4) is 0 Å². The zero-order valence-corrected chi connectivity index (χ0v) is 9.38. The van der Waals surface area contributed by atoms with Crippen LogP contribution in [-0.2, 0) is 4.79 Å². The first-order valence-corrected chi connectivity index (χ1v) is 5.55. The van der Waals surface area contributed by atoms with Crippen molar-refractivity contribution < 1.29 is 9.90 Å². The molecule has 1 N–H and O–H groups in total. The van der Waals surface area contributed by atoms with Gasteiger partial charge in [-0.1, -0.05) is 46.1 Å². The highest BCUT2D eigenvalue weighted by Gasteiger charge is 2.15. The Kier molecular flexibility index (Phi) is 7.17. The molecule has 0 radical (unpaired) electrons. The van der Waals surface area contributed by atoms with Crippen LogP contribution in [0.4, 0.5) is 0 Å². The molecule has 0 fully saturated rings. The van der Waals surface area contributed by atoms with Gasteiger partial charge in [-0.15, -0.1) is 0 Å². The lowest BCUT2D eigenvalue weighted by Gasteiger charge is -2.14. The molecule has 0 aliphatic rings. The molecular weight excluding hydrogens is 176 g/mol. The van der Waals surface area contributed by atoms with E-state index in [0.29, 0.717) is 5.57 Å². The molecule has 0 saturated carbocycles. The van der Waals surface area contributed by atoms with Crippen molar-refractivity contribution in [3.05, 3.63) is 12.2 Å². The molecule has 1 unspecified atom stereocenters. The first-order valence-electron chi connectivity index (χ1n) is 5.55. The van der Waals surface area contributed by atoms with Gasteiger partial charge in [0, 0.05) is 5.57 Å². The number of carbonyl (C=O) groups is 1. The van der Waals surface area contributed by atoms with Gasteiger partial charge in [0.15, 0.2) is 0 Å². The second-order valence-corrected chi connectivity index (χ2v) is 3.78. The third kappa shape index (κ3) is 5.05. The minimum absolute atomic E-state index is 0.171. The first-order chi connectivity index (χ1) is 6.63. The molecule has 0 rings (SSSR count). The predicted molar refractivity (Wildman–Crippen MR) is 59.3 cm³/mol. The van der Waals surface area contributed by atoms with Crippen molar-refractivity contribution in [2.24, 2.45) is 5.92 Å². The molecule has 0 heterocycles. The topological polar surface area (TPSA) is 37.3 Å². The fourth-order valence-electron chi connectivity index (χ4n) is 1.62. The highest BCUT2D eigenvalue weighted by atomic mass is 16.4. The highest BCUT2D eigenvalue weighted by Crippen LogP contribution is 2.21. The number of carboxylic acid groups (broad SMARTS) is 1. The lowest BCUT2D eigenvalue weighted by molar-refractivity contribution is -0.133. The monoisotopic (exact) mass is 198 g/mol. The van der Waals surface area contributed by atoms with Crippen LogP contribution in [0.25, 0.3) is 0 Å². The van der Waals surface area contributed by atoms with Crippen molar-refractivity contribution >= 4 is 5.97 Å². The molecule has 0 aliphatic carbocycles. The largest absolute Gasteiger partial charge is 0.478 e. The molecule has 14 heavy (non-hydrogen) atoms. The quantitative estimate of drug-likeness (QED) is 0.477. The molecule has 1 atom stereocenters. The summed E-state index contributed by atoms with van der Waals surface area (Å²) in [6.07, 6.45) is 6.66. The maximum absolute atomic E-state index is 10.7. The normalized spacial score (nSPS) is 12.4. The Morgan fingerprint density at radius 3 is 2.36 bits per heavy atom. The molecule has 0 aromatic carbocycles. The summed E-state index contributed by atoms with van der Waals surface area (Å²) in [5.41, 5.74) is 0.379. The van der Waals surface area contributed by atoms with Crippen molar-refractivity contribution in [3.8, 4) is 0 Å². The summed E-state index contributed by atoms with van der Waals surface area (Å²) in [6, 6.07) is 0. The maximum Gasteiger partial charge on any atom is 0.331 e. The Hall–Kier alpha value is -0.790. The van der Waals surface area contributed by atoms with Gasteiger partial charge in [-0.05, 0) is 18.8 Å². The van der Waals surface area contributed by atoms with Crippen LogP contribution in [0.2, 0.25) is 0 Å². The molecule has 0 saturated heterocycles.